The molecule has 5 rings (SSSR count). The molecule has 3 aromatic rings. The molecule has 2 aliphatic carbocycles. The zero-order chi connectivity index (χ0) is 27.9. The number of alkyl halides is 3. The van der Waals surface area contributed by atoms with Crippen LogP contribution in [0, 0.1) is 5.41 Å². The van der Waals surface area contributed by atoms with Crippen molar-refractivity contribution in [1.29, 1.82) is 0 Å². The summed E-state index contributed by atoms with van der Waals surface area (Å²) >= 11 is 0. The predicted molar refractivity (Wildman–Crippen MR) is 140 cm³/mol. The SMILES string of the molecule is CC1(C)CC(=O)c2c(C(F)(F)F)nn(-c3ccc(C(N)=O)c(NC4CCCC4OCc4ccccc4)c3)c2C1. The normalized spacial score (nSPS) is 20.6. The van der Waals surface area contributed by atoms with Gasteiger partial charge in [-0.25, -0.2) is 4.68 Å². The zero-order valence-corrected chi connectivity index (χ0v) is 21.8. The Hall–Kier alpha value is -3.66. The molecule has 7 nitrogen and oxygen atoms in total. The number of Topliss-reactive ketones (excluding diaryl/α,β-unsaturated/α-hetero) is 1. The fourth-order valence-electron chi connectivity index (χ4n) is 5.63. The summed E-state index contributed by atoms with van der Waals surface area (Å²) < 4.78 is 49.1. The second-order valence-electron chi connectivity index (χ2n) is 11.1. The predicted octanol–water partition coefficient (Wildman–Crippen LogP) is 5.69. The summed E-state index contributed by atoms with van der Waals surface area (Å²) in [6.45, 7) is 4.13. The standard InChI is InChI=1S/C29H31F3N4O3/c1-28(2)14-22-25(23(37)15-28)26(29(30,31)32)35-36(22)18-11-12-19(27(33)38)21(13-18)34-20-9-6-10-24(20)39-16-17-7-4-3-5-8-17/h3-5,7-8,11-13,20,24,34H,6,9-10,14-16H2,1-2H3,(H2,33,38). The molecule has 2 unspecified atom stereocenters. The third-order valence-electron chi connectivity index (χ3n) is 7.43. The van der Waals surface area contributed by atoms with E-state index >= 15 is 0 Å². The molecule has 0 saturated heterocycles. The summed E-state index contributed by atoms with van der Waals surface area (Å²) in [5, 5.41) is 7.25. The van der Waals surface area contributed by atoms with Gasteiger partial charge >= 0.3 is 6.18 Å². The largest absolute Gasteiger partial charge is 0.435 e. The quantitative estimate of drug-likeness (QED) is 0.401. The first kappa shape index (κ1) is 26.9. The van der Waals surface area contributed by atoms with Gasteiger partial charge in [0.2, 0.25) is 0 Å². The number of carbonyl (C=O) groups excluding carboxylic acids is 2. The second kappa shape index (κ2) is 10.1. The van der Waals surface area contributed by atoms with Gasteiger partial charge < -0.3 is 15.8 Å². The van der Waals surface area contributed by atoms with Crippen molar-refractivity contribution in [3.63, 3.8) is 0 Å². The van der Waals surface area contributed by atoms with E-state index in [1.165, 1.54) is 16.8 Å². The minimum absolute atomic E-state index is 0.00818. The molecule has 2 aromatic carbocycles. The molecule has 39 heavy (non-hydrogen) atoms. The fourth-order valence-corrected chi connectivity index (χ4v) is 5.63. The highest BCUT2D eigenvalue weighted by Crippen LogP contribution is 2.42. The molecule has 206 valence electrons. The molecular formula is C29H31F3N4O3. The van der Waals surface area contributed by atoms with Crippen molar-refractivity contribution < 1.29 is 27.5 Å². The number of benzene rings is 2. The van der Waals surface area contributed by atoms with Crippen LogP contribution in [-0.2, 0) is 23.9 Å². The average molecular weight is 541 g/mol. The Morgan fingerprint density at radius 1 is 1.15 bits per heavy atom. The molecule has 2 atom stereocenters. The molecule has 2 aliphatic rings. The average Bonchev–Trinajstić information content (AvgIpc) is 3.47. The Bertz CT molecular complexity index is 1400. The fraction of sp³-hybridized carbons (Fsp3) is 0.414. The number of aromatic nitrogens is 2. The van der Waals surface area contributed by atoms with E-state index in [0.29, 0.717) is 18.0 Å². The topological polar surface area (TPSA) is 99.2 Å². The number of nitrogens with one attached hydrogen (secondary N) is 1. The van der Waals surface area contributed by atoms with Crippen molar-refractivity contribution in [3.8, 4) is 5.69 Å². The summed E-state index contributed by atoms with van der Waals surface area (Å²) in [6.07, 6.45) is -2.11. The molecule has 1 saturated carbocycles. The Balaban J connectivity index is 1.49. The van der Waals surface area contributed by atoms with E-state index in [1.54, 1.807) is 6.07 Å². The summed E-state index contributed by atoms with van der Waals surface area (Å²) in [6, 6.07) is 14.2. The van der Waals surface area contributed by atoms with Crippen molar-refractivity contribution in [2.24, 2.45) is 11.1 Å². The van der Waals surface area contributed by atoms with Crippen molar-refractivity contribution in [1.82, 2.24) is 9.78 Å². The minimum atomic E-state index is -4.78. The number of halogens is 3. The van der Waals surface area contributed by atoms with Gasteiger partial charge in [-0.1, -0.05) is 44.2 Å². The third-order valence-corrected chi connectivity index (χ3v) is 7.43. The number of nitrogens with zero attached hydrogens (tertiary/aromatic N) is 2. The van der Waals surface area contributed by atoms with Crippen molar-refractivity contribution in [2.75, 3.05) is 5.32 Å². The first-order chi connectivity index (χ1) is 18.4. The number of ketones is 1. The lowest BCUT2D eigenvalue weighted by atomic mass is 9.75. The van der Waals surface area contributed by atoms with Gasteiger partial charge in [0, 0.05) is 12.1 Å². The van der Waals surface area contributed by atoms with Crippen LogP contribution in [-0.4, -0.2) is 33.6 Å². The van der Waals surface area contributed by atoms with Crippen molar-refractivity contribution in [3.05, 3.63) is 76.6 Å². The van der Waals surface area contributed by atoms with E-state index in [9.17, 15) is 22.8 Å². The van der Waals surface area contributed by atoms with Gasteiger partial charge in [0.05, 0.1) is 41.3 Å². The van der Waals surface area contributed by atoms with Gasteiger partial charge in [-0.05, 0) is 54.9 Å². The molecule has 1 heterocycles. The van der Waals surface area contributed by atoms with E-state index in [0.717, 1.165) is 24.8 Å². The van der Waals surface area contributed by atoms with E-state index in [2.05, 4.69) is 10.4 Å². The number of amides is 1. The Morgan fingerprint density at radius 3 is 2.59 bits per heavy atom. The Kier molecular flexibility index (Phi) is 7.00. The van der Waals surface area contributed by atoms with Gasteiger partial charge in [0.15, 0.2) is 11.5 Å². The molecule has 1 amide bonds. The molecule has 0 aliphatic heterocycles. The lowest BCUT2D eigenvalue weighted by Crippen LogP contribution is -2.32. The lowest BCUT2D eigenvalue weighted by molar-refractivity contribution is -0.141. The number of primary amides is 1. The highest BCUT2D eigenvalue weighted by atomic mass is 19.4. The number of anilines is 1. The van der Waals surface area contributed by atoms with Crippen LogP contribution in [0.2, 0.25) is 0 Å². The number of ether oxygens (including phenoxy) is 1. The van der Waals surface area contributed by atoms with Crippen LogP contribution in [0.4, 0.5) is 18.9 Å². The second-order valence-corrected chi connectivity index (χ2v) is 11.1. The van der Waals surface area contributed by atoms with Gasteiger partial charge in [-0.3, -0.25) is 9.59 Å². The van der Waals surface area contributed by atoms with Crippen LogP contribution < -0.4 is 11.1 Å². The number of fused-ring (bicyclic) bond motifs is 1. The molecule has 0 spiro atoms. The van der Waals surface area contributed by atoms with Crippen LogP contribution in [0.5, 0.6) is 0 Å². The molecule has 0 radical (unpaired) electrons. The van der Waals surface area contributed by atoms with Crippen LogP contribution in [0.1, 0.15) is 77.2 Å². The highest BCUT2D eigenvalue weighted by Gasteiger charge is 2.45. The maximum absolute atomic E-state index is 13.9. The minimum Gasteiger partial charge on any atom is -0.379 e. The van der Waals surface area contributed by atoms with E-state index in [-0.39, 0.29) is 41.8 Å². The first-order valence-corrected chi connectivity index (χ1v) is 13.0. The molecule has 1 fully saturated rings. The van der Waals surface area contributed by atoms with E-state index < -0.39 is 29.0 Å². The lowest BCUT2D eigenvalue weighted by Gasteiger charge is -2.29. The smallest absolute Gasteiger partial charge is 0.379 e. The molecule has 10 heteroatoms. The summed E-state index contributed by atoms with van der Waals surface area (Å²) in [4.78, 5) is 25.1. The molecule has 3 N–H and O–H groups in total. The summed E-state index contributed by atoms with van der Waals surface area (Å²) in [5.41, 5.74) is 5.73. The van der Waals surface area contributed by atoms with Crippen LogP contribution in [0.25, 0.3) is 5.69 Å². The molecule has 0 bridgehead atoms. The van der Waals surface area contributed by atoms with Gasteiger partial charge in [-0.15, -0.1) is 0 Å². The maximum atomic E-state index is 13.9. The van der Waals surface area contributed by atoms with Crippen LogP contribution in [0.3, 0.4) is 0 Å². The molecule has 1 aromatic heterocycles. The summed E-state index contributed by atoms with van der Waals surface area (Å²) in [5.74, 6) is -1.24. The van der Waals surface area contributed by atoms with Crippen molar-refractivity contribution in [2.45, 2.75) is 70.9 Å². The highest BCUT2D eigenvalue weighted by molar-refractivity contribution is 6.00. The number of hydrogen-bond donors (Lipinski definition) is 2. The van der Waals surface area contributed by atoms with E-state index in [1.807, 2.05) is 44.2 Å². The van der Waals surface area contributed by atoms with Crippen LogP contribution in [0.15, 0.2) is 48.5 Å². The van der Waals surface area contributed by atoms with Gasteiger partial charge in [-0.2, -0.15) is 18.3 Å². The number of rotatable bonds is 7. The Morgan fingerprint density at radius 2 is 1.90 bits per heavy atom. The maximum Gasteiger partial charge on any atom is 0.435 e. The number of nitrogens with two attached hydrogens (primary N) is 1. The monoisotopic (exact) mass is 540 g/mol. The summed E-state index contributed by atoms with van der Waals surface area (Å²) in [7, 11) is 0. The van der Waals surface area contributed by atoms with Gasteiger partial charge in [0.1, 0.15) is 0 Å². The van der Waals surface area contributed by atoms with Gasteiger partial charge in [0.25, 0.3) is 5.91 Å². The Labute approximate surface area is 224 Å². The molecular weight excluding hydrogens is 509 g/mol. The number of carbonyl (C=O) groups is 2. The zero-order valence-electron chi connectivity index (χ0n) is 21.8. The van der Waals surface area contributed by atoms with Crippen molar-refractivity contribution >= 4 is 17.4 Å². The first-order valence-electron chi connectivity index (χ1n) is 13.0. The van der Waals surface area contributed by atoms with E-state index in [4.69, 9.17) is 10.5 Å². The van der Waals surface area contributed by atoms with Crippen LogP contribution >= 0.6 is 0 Å². The third kappa shape index (κ3) is 5.56. The number of hydrogen-bond acceptors (Lipinski definition) is 5.